The van der Waals surface area contributed by atoms with E-state index < -0.39 is 0 Å². The van der Waals surface area contributed by atoms with Gasteiger partial charge in [-0.2, -0.15) is 0 Å². The van der Waals surface area contributed by atoms with Gasteiger partial charge < -0.3 is 5.32 Å². The number of rotatable bonds is 4. The van der Waals surface area contributed by atoms with Crippen molar-refractivity contribution in [2.45, 2.75) is 45.6 Å². The summed E-state index contributed by atoms with van der Waals surface area (Å²) in [5.41, 5.74) is 0. The van der Waals surface area contributed by atoms with Crippen molar-refractivity contribution in [2.24, 2.45) is 5.92 Å². The summed E-state index contributed by atoms with van der Waals surface area (Å²) >= 11 is 0. The summed E-state index contributed by atoms with van der Waals surface area (Å²) < 4.78 is 0. The molecule has 1 amide bonds. The molecule has 3 heteroatoms. The van der Waals surface area contributed by atoms with Crippen LogP contribution in [0, 0.1) is 5.92 Å². The Hall–Kier alpha value is -0.570. The number of carbonyl (C=O) groups is 1. The van der Waals surface area contributed by atoms with E-state index in [0.29, 0.717) is 12.6 Å². The summed E-state index contributed by atoms with van der Waals surface area (Å²) in [7, 11) is 1.97. The molecule has 0 bridgehead atoms. The third-order valence-electron chi connectivity index (χ3n) is 3.33. The van der Waals surface area contributed by atoms with Crippen molar-refractivity contribution in [2.75, 3.05) is 20.1 Å². The number of hydrogen-bond donors (Lipinski definition) is 1. The summed E-state index contributed by atoms with van der Waals surface area (Å²) in [5.74, 6) is 1.02. The van der Waals surface area contributed by atoms with Gasteiger partial charge in [0.1, 0.15) is 0 Å². The first-order chi connectivity index (χ1) is 7.11. The maximum absolute atomic E-state index is 11.6. The van der Waals surface area contributed by atoms with Gasteiger partial charge in [0.15, 0.2) is 0 Å². The minimum absolute atomic E-state index is 0.180. The highest BCUT2D eigenvalue weighted by Gasteiger charge is 2.19. The zero-order valence-electron chi connectivity index (χ0n) is 10.3. The van der Waals surface area contributed by atoms with Gasteiger partial charge in [-0.25, -0.2) is 0 Å². The van der Waals surface area contributed by atoms with Crippen LogP contribution < -0.4 is 5.32 Å². The summed E-state index contributed by atoms with van der Waals surface area (Å²) in [5, 5.41) is 3.12. The first-order valence-corrected chi connectivity index (χ1v) is 6.09. The fourth-order valence-electron chi connectivity index (χ4n) is 2.03. The van der Waals surface area contributed by atoms with Crippen LogP contribution in [0.2, 0.25) is 0 Å². The minimum atomic E-state index is 0.180. The monoisotopic (exact) mass is 212 g/mol. The maximum Gasteiger partial charge on any atom is 0.234 e. The molecular weight excluding hydrogens is 188 g/mol. The quantitative estimate of drug-likeness (QED) is 0.768. The van der Waals surface area contributed by atoms with Crippen molar-refractivity contribution in [3.05, 3.63) is 0 Å². The second-order valence-corrected chi connectivity index (χ2v) is 4.85. The number of carbonyl (C=O) groups excluding carboxylic acids is 1. The Balaban J connectivity index is 2.20. The van der Waals surface area contributed by atoms with Crippen LogP contribution in [0.1, 0.15) is 39.5 Å². The van der Waals surface area contributed by atoms with Crippen molar-refractivity contribution < 1.29 is 4.79 Å². The molecule has 1 aliphatic carbocycles. The Bertz CT molecular complexity index is 198. The molecule has 1 rings (SSSR count). The van der Waals surface area contributed by atoms with E-state index in [4.69, 9.17) is 0 Å². The Morgan fingerprint density at radius 3 is 2.47 bits per heavy atom. The van der Waals surface area contributed by atoms with Crippen molar-refractivity contribution >= 4 is 5.91 Å². The number of amides is 1. The lowest BCUT2D eigenvalue weighted by Gasteiger charge is -2.27. The lowest BCUT2D eigenvalue weighted by molar-refractivity contribution is -0.122. The standard InChI is InChI=1S/C12H24N2O/c1-4-14(3)9-12(15)13-11-7-5-10(2)6-8-11/h10-11H,4-9H2,1-3H3,(H,13,15). The molecule has 1 N–H and O–H groups in total. The Morgan fingerprint density at radius 1 is 1.33 bits per heavy atom. The second kappa shape index (κ2) is 6.11. The van der Waals surface area contributed by atoms with Crippen molar-refractivity contribution in [1.29, 1.82) is 0 Å². The fourth-order valence-corrected chi connectivity index (χ4v) is 2.03. The number of hydrogen-bond acceptors (Lipinski definition) is 2. The number of likely N-dealkylation sites (N-methyl/N-ethyl adjacent to an activating group) is 1. The van der Waals surface area contributed by atoms with E-state index in [1.807, 2.05) is 11.9 Å². The molecule has 3 nitrogen and oxygen atoms in total. The highest BCUT2D eigenvalue weighted by molar-refractivity contribution is 5.78. The fraction of sp³-hybridized carbons (Fsp3) is 0.917. The van der Waals surface area contributed by atoms with E-state index in [2.05, 4.69) is 19.2 Å². The molecular formula is C12H24N2O. The van der Waals surface area contributed by atoms with Crippen molar-refractivity contribution in [1.82, 2.24) is 10.2 Å². The second-order valence-electron chi connectivity index (χ2n) is 4.85. The summed E-state index contributed by atoms with van der Waals surface area (Å²) in [4.78, 5) is 13.6. The largest absolute Gasteiger partial charge is 0.352 e. The molecule has 0 aromatic carbocycles. The average molecular weight is 212 g/mol. The van der Waals surface area contributed by atoms with E-state index in [-0.39, 0.29) is 5.91 Å². The predicted octanol–water partition coefficient (Wildman–Crippen LogP) is 1.63. The molecule has 0 saturated heterocycles. The molecule has 0 unspecified atom stereocenters. The van der Waals surface area contributed by atoms with Crippen LogP contribution >= 0.6 is 0 Å². The van der Waals surface area contributed by atoms with Crippen LogP contribution in [0.3, 0.4) is 0 Å². The van der Waals surface area contributed by atoms with Gasteiger partial charge in [-0.15, -0.1) is 0 Å². The van der Waals surface area contributed by atoms with Gasteiger partial charge in [-0.05, 0) is 45.2 Å². The lowest BCUT2D eigenvalue weighted by atomic mass is 9.87. The Morgan fingerprint density at radius 2 is 1.93 bits per heavy atom. The molecule has 1 aliphatic rings. The van der Waals surface area contributed by atoms with Gasteiger partial charge in [0.25, 0.3) is 0 Å². The topological polar surface area (TPSA) is 32.3 Å². The number of nitrogens with zero attached hydrogens (tertiary/aromatic N) is 1. The van der Waals surface area contributed by atoms with Crippen molar-refractivity contribution in [3.8, 4) is 0 Å². The number of nitrogens with one attached hydrogen (secondary N) is 1. The SMILES string of the molecule is CCN(C)CC(=O)NC1CCC(C)CC1. The normalized spacial score (nSPS) is 26.7. The molecule has 1 saturated carbocycles. The molecule has 88 valence electrons. The first kappa shape index (κ1) is 12.5. The molecule has 1 fully saturated rings. The highest BCUT2D eigenvalue weighted by Crippen LogP contribution is 2.23. The zero-order chi connectivity index (χ0) is 11.3. The minimum Gasteiger partial charge on any atom is -0.352 e. The van der Waals surface area contributed by atoms with Gasteiger partial charge in [-0.1, -0.05) is 13.8 Å². The molecule has 0 aliphatic heterocycles. The molecule has 0 heterocycles. The van der Waals surface area contributed by atoms with E-state index in [9.17, 15) is 4.79 Å². The molecule has 15 heavy (non-hydrogen) atoms. The molecule has 0 spiro atoms. The van der Waals surface area contributed by atoms with E-state index in [1.54, 1.807) is 0 Å². The Labute approximate surface area is 93.2 Å². The summed E-state index contributed by atoms with van der Waals surface area (Å²) in [6.07, 6.45) is 4.83. The lowest BCUT2D eigenvalue weighted by Crippen LogP contribution is -2.42. The molecule has 0 radical (unpaired) electrons. The predicted molar refractivity (Wildman–Crippen MR) is 62.7 cm³/mol. The third-order valence-corrected chi connectivity index (χ3v) is 3.33. The van der Waals surface area contributed by atoms with Crippen LogP contribution in [0.4, 0.5) is 0 Å². The molecule has 0 atom stereocenters. The van der Waals surface area contributed by atoms with E-state index in [0.717, 1.165) is 25.3 Å². The van der Waals surface area contributed by atoms with Gasteiger partial charge in [0.2, 0.25) is 5.91 Å². The first-order valence-electron chi connectivity index (χ1n) is 6.09. The third kappa shape index (κ3) is 4.65. The van der Waals surface area contributed by atoms with Crippen LogP contribution in [0.25, 0.3) is 0 Å². The van der Waals surface area contributed by atoms with Crippen LogP contribution in [-0.2, 0) is 4.79 Å². The molecule has 0 aromatic rings. The van der Waals surface area contributed by atoms with E-state index >= 15 is 0 Å². The smallest absolute Gasteiger partial charge is 0.234 e. The van der Waals surface area contributed by atoms with Gasteiger partial charge in [0.05, 0.1) is 6.54 Å². The zero-order valence-corrected chi connectivity index (χ0v) is 10.3. The van der Waals surface area contributed by atoms with Gasteiger partial charge in [-0.3, -0.25) is 9.69 Å². The summed E-state index contributed by atoms with van der Waals surface area (Å²) in [6.45, 7) is 5.82. The highest BCUT2D eigenvalue weighted by atomic mass is 16.2. The van der Waals surface area contributed by atoms with Gasteiger partial charge in [0, 0.05) is 6.04 Å². The van der Waals surface area contributed by atoms with Crippen LogP contribution in [0.15, 0.2) is 0 Å². The van der Waals surface area contributed by atoms with Crippen LogP contribution in [-0.4, -0.2) is 37.0 Å². The van der Waals surface area contributed by atoms with Crippen molar-refractivity contribution in [3.63, 3.8) is 0 Å². The maximum atomic E-state index is 11.6. The molecule has 0 aromatic heterocycles. The Kier molecular flexibility index (Phi) is 5.09. The van der Waals surface area contributed by atoms with Crippen LogP contribution in [0.5, 0.6) is 0 Å². The van der Waals surface area contributed by atoms with E-state index in [1.165, 1.54) is 12.8 Å². The van der Waals surface area contributed by atoms with Gasteiger partial charge >= 0.3 is 0 Å². The summed E-state index contributed by atoms with van der Waals surface area (Å²) in [6, 6.07) is 0.430. The average Bonchev–Trinajstić information content (AvgIpc) is 2.21.